The van der Waals surface area contributed by atoms with Gasteiger partial charge in [0.05, 0.1) is 17.2 Å². The molecule has 1 aromatic heterocycles. The van der Waals surface area contributed by atoms with Crippen LogP contribution >= 0.6 is 0 Å². The number of ether oxygens (including phenoxy) is 3. The second-order valence-electron chi connectivity index (χ2n) is 6.72. The van der Waals surface area contributed by atoms with Crippen molar-refractivity contribution in [3.8, 4) is 28.6 Å². The number of aromatic nitrogens is 1. The van der Waals surface area contributed by atoms with Crippen molar-refractivity contribution in [2.24, 2.45) is 0 Å². The maximum Gasteiger partial charge on any atom is 0.274 e. The molecule has 142 valence electrons. The van der Waals surface area contributed by atoms with Crippen LogP contribution in [-0.4, -0.2) is 24.3 Å². The molecule has 0 aliphatic carbocycles. The maximum atomic E-state index is 12.8. The predicted octanol–water partition coefficient (Wildman–Crippen LogP) is 3.50. The van der Waals surface area contributed by atoms with Gasteiger partial charge in [-0.2, -0.15) is 0 Å². The van der Waals surface area contributed by atoms with Crippen molar-refractivity contribution in [3.05, 3.63) is 59.3 Å². The fraction of sp³-hybridized carbons (Fsp3) is 0.238. The van der Waals surface area contributed by atoms with E-state index in [1.54, 1.807) is 0 Å². The molecule has 2 aliphatic rings. The van der Waals surface area contributed by atoms with E-state index in [9.17, 15) is 4.79 Å². The lowest BCUT2D eigenvalue weighted by molar-refractivity contribution is 0.0928. The summed E-state index contributed by atoms with van der Waals surface area (Å²) in [4.78, 5) is 12.8. The van der Waals surface area contributed by atoms with Crippen LogP contribution in [0.3, 0.4) is 0 Å². The molecule has 2 aromatic carbocycles. The third-order valence-corrected chi connectivity index (χ3v) is 4.92. The van der Waals surface area contributed by atoms with Gasteiger partial charge in [0.1, 0.15) is 25.6 Å². The summed E-state index contributed by atoms with van der Waals surface area (Å²) >= 11 is 0. The van der Waals surface area contributed by atoms with E-state index in [0.717, 1.165) is 22.6 Å². The molecule has 3 heterocycles. The maximum absolute atomic E-state index is 12.8. The number of benzene rings is 2. The smallest absolute Gasteiger partial charge is 0.274 e. The van der Waals surface area contributed by atoms with Gasteiger partial charge in [-0.05, 0) is 36.8 Å². The molecule has 1 atom stereocenters. The van der Waals surface area contributed by atoms with E-state index < -0.39 is 0 Å². The highest BCUT2D eigenvalue weighted by atomic mass is 16.6. The number of hydrogen-bond acceptors (Lipinski definition) is 6. The molecule has 0 radical (unpaired) electrons. The van der Waals surface area contributed by atoms with Gasteiger partial charge >= 0.3 is 0 Å². The Morgan fingerprint density at radius 3 is 2.75 bits per heavy atom. The fourth-order valence-electron chi connectivity index (χ4n) is 3.44. The minimum absolute atomic E-state index is 0.243. The lowest BCUT2D eigenvalue weighted by Crippen LogP contribution is -2.28. The number of nitrogens with zero attached hydrogens (tertiary/aromatic N) is 1. The summed E-state index contributed by atoms with van der Waals surface area (Å²) in [5, 5.41) is 6.97. The average Bonchev–Trinajstić information content (AvgIpc) is 3.18. The van der Waals surface area contributed by atoms with Crippen molar-refractivity contribution in [1.82, 2.24) is 10.5 Å². The van der Waals surface area contributed by atoms with Crippen molar-refractivity contribution in [2.45, 2.75) is 19.6 Å². The number of nitrogens with one attached hydrogen (secondary N) is 1. The third-order valence-electron chi connectivity index (χ3n) is 4.92. The van der Waals surface area contributed by atoms with Gasteiger partial charge < -0.3 is 24.1 Å². The molecule has 0 unspecified atom stereocenters. The van der Waals surface area contributed by atoms with Gasteiger partial charge in [-0.1, -0.05) is 23.4 Å². The lowest BCUT2D eigenvalue weighted by atomic mass is 10.0. The van der Waals surface area contributed by atoms with Crippen LogP contribution in [0.25, 0.3) is 11.3 Å². The SMILES string of the molecule is C[C@H](NC(=O)c1noc2c1COc1ccccc1-2)c1ccc2c(c1)OCCO2. The molecule has 1 N–H and O–H groups in total. The molecular formula is C21H18N2O5. The molecule has 7 nitrogen and oxygen atoms in total. The standard InChI is InChI=1S/C21H18N2O5/c1-12(13-6-7-17-18(10-13)26-9-8-25-17)22-21(24)19-15-11-27-16-5-3-2-4-14(16)20(15)28-23-19/h2-7,10,12H,8-9,11H2,1H3,(H,22,24)/t12-/m0/s1. The summed E-state index contributed by atoms with van der Waals surface area (Å²) in [6, 6.07) is 12.9. The molecule has 1 amide bonds. The number of hydrogen-bond donors (Lipinski definition) is 1. The van der Waals surface area contributed by atoms with E-state index in [1.807, 2.05) is 49.4 Å². The first kappa shape index (κ1) is 16.7. The summed E-state index contributed by atoms with van der Waals surface area (Å²) < 4.78 is 22.4. The minimum Gasteiger partial charge on any atom is -0.488 e. The molecule has 0 fully saturated rings. The van der Waals surface area contributed by atoms with E-state index in [-0.39, 0.29) is 24.2 Å². The van der Waals surface area contributed by atoms with E-state index in [4.69, 9.17) is 18.7 Å². The molecule has 7 heteroatoms. The first-order valence-electron chi connectivity index (χ1n) is 9.12. The second-order valence-corrected chi connectivity index (χ2v) is 6.72. The normalized spacial score (nSPS) is 15.0. The Morgan fingerprint density at radius 2 is 1.86 bits per heavy atom. The van der Waals surface area contributed by atoms with E-state index in [2.05, 4.69) is 10.5 Å². The van der Waals surface area contributed by atoms with Crippen LogP contribution in [0, 0.1) is 0 Å². The summed E-state index contributed by atoms with van der Waals surface area (Å²) in [5.41, 5.74) is 2.62. The van der Waals surface area contributed by atoms with Crippen molar-refractivity contribution >= 4 is 5.91 Å². The zero-order valence-electron chi connectivity index (χ0n) is 15.2. The highest BCUT2D eigenvalue weighted by Gasteiger charge is 2.29. The molecule has 28 heavy (non-hydrogen) atoms. The number of fused-ring (bicyclic) bond motifs is 4. The van der Waals surface area contributed by atoms with Crippen LogP contribution in [0.2, 0.25) is 0 Å². The monoisotopic (exact) mass is 378 g/mol. The molecule has 2 aliphatic heterocycles. The van der Waals surface area contributed by atoms with Crippen LogP contribution in [0.4, 0.5) is 0 Å². The Kier molecular flexibility index (Phi) is 3.93. The van der Waals surface area contributed by atoms with Gasteiger partial charge in [0.2, 0.25) is 0 Å². The van der Waals surface area contributed by atoms with Gasteiger partial charge in [-0.15, -0.1) is 0 Å². The number of carbonyl (C=O) groups is 1. The van der Waals surface area contributed by atoms with Crippen molar-refractivity contribution < 1.29 is 23.5 Å². The van der Waals surface area contributed by atoms with E-state index in [1.165, 1.54) is 0 Å². The van der Waals surface area contributed by atoms with Gasteiger partial charge in [-0.25, -0.2) is 0 Å². The number of para-hydroxylation sites is 1. The summed E-state index contributed by atoms with van der Waals surface area (Å²) in [5.74, 6) is 2.40. The Hall–Kier alpha value is -3.48. The van der Waals surface area contributed by atoms with Crippen molar-refractivity contribution in [3.63, 3.8) is 0 Å². The highest BCUT2D eigenvalue weighted by Crippen LogP contribution is 2.38. The van der Waals surface area contributed by atoms with Crippen molar-refractivity contribution in [2.75, 3.05) is 13.2 Å². The molecular weight excluding hydrogens is 360 g/mol. The molecule has 5 rings (SSSR count). The number of rotatable bonds is 3. The largest absolute Gasteiger partial charge is 0.488 e. The lowest BCUT2D eigenvalue weighted by Gasteiger charge is -2.21. The average molecular weight is 378 g/mol. The second kappa shape index (κ2) is 6.60. The number of amides is 1. The zero-order valence-corrected chi connectivity index (χ0v) is 15.2. The summed E-state index contributed by atoms with van der Waals surface area (Å²) in [6.45, 7) is 3.21. The molecule has 0 spiro atoms. The summed E-state index contributed by atoms with van der Waals surface area (Å²) in [7, 11) is 0. The fourth-order valence-corrected chi connectivity index (χ4v) is 3.44. The highest BCUT2D eigenvalue weighted by molar-refractivity contribution is 5.95. The van der Waals surface area contributed by atoms with Crippen LogP contribution in [0.1, 0.15) is 34.6 Å². The Morgan fingerprint density at radius 1 is 1.04 bits per heavy atom. The van der Waals surface area contributed by atoms with Crippen LogP contribution in [-0.2, 0) is 6.61 Å². The van der Waals surface area contributed by atoms with Gasteiger partial charge in [0.15, 0.2) is 23.0 Å². The van der Waals surface area contributed by atoms with Gasteiger partial charge in [-0.3, -0.25) is 4.79 Å². The third kappa shape index (κ3) is 2.76. The molecule has 0 saturated carbocycles. The van der Waals surface area contributed by atoms with Crippen LogP contribution < -0.4 is 19.5 Å². The molecule has 3 aromatic rings. The Balaban J connectivity index is 1.38. The van der Waals surface area contributed by atoms with E-state index >= 15 is 0 Å². The van der Waals surface area contributed by atoms with Crippen molar-refractivity contribution in [1.29, 1.82) is 0 Å². The minimum atomic E-state index is -0.310. The zero-order chi connectivity index (χ0) is 19.1. The number of carbonyl (C=O) groups excluding carboxylic acids is 1. The van der Waals surface area contributed by atoms with Gasteiger partial charge in [0, 0.05) is 0 Å². The Bertz CT molecular complexity index is 1060. The Labute approximate surface area is 161 Å². The molecule has 0 bridgehead atoms. The predicted molar refractivity (Wildman–Crippen MR) is 99.6 cm³/mol. The van der Waals surface area contributed by atoms with E-state index in [0.29, 0.717) is 30.3 Å². The topological polar surface area (TPSA) is 82.8 Å². The summed E-state index contributed by atoms with van der Waals surface area (Å²) in [6.07, 6.45) is 0. The van der Waals surface area contributed by atoms with Gasteiger partial charge in [0.25, 0.3) is 5.91 Å². The first-order chi connectivity index (χ1) is 13.7. The van der Waals surface area contributed by atoms with Crippen LogP contribution in [0.5, 0.6) is 17.2 Å². The molecule has 0 saturated heterocycles. The van der Waals surface area contributed by atoms with Crippen LogP contribution in [0.15, 0.2) is 47.0 Å². The quantitative estimate of drug-likeness (QED) is 0.751. The first-order valence-corrected chi connectivity index (χ1v) is 9.12.